The lowest BCUT2D eigenvalue weighted by Gasteiger charge is -2.38. The first-order chi connectivity index (χ1) is 19.8. The second-order valence-electron chi connectivity index (χ2n) is 11.6. The molecular weight excluding hydrogens is 518 g/mol. The number of aliphatic hydroxyl groups excluding tert-OH is 1. The van der Waals surface area contributed by atoms with E-state index in [0.717, 1.165) is 22.4 Å². The number of carbonyl (C=O) groups excluding carboxylic acids is 3. The van der Waals surface area contributed by atoms with Crippen molar-refractivity contribution in [2.45, 2.75) is 57.5 Å². The van der Waals surface area contributed by atoms with Gasteiger partial charge < -0.3 is 24.5 Å². The summed E-state index contributed by atoms with van der Waals surface area (Å²) in [5, 5.41) is 10.3. The molecule has 2 fully saturated rings. The van der Waals surface area contributed by atoms with Gasteiger partial charge in [-0.05, 0) is 43.0 Å². The van der Waals surface area contributed by atoms with Crippen LogP contribution >= 0.6 is 0 Å². The number of rotatable bonds is 6. The van der Waals surface area contributed by atoms with Crippen LogP contribution in [0.15, 0.2) is 72.8 Å². The van der Waals surface area contributed by atoms with Crippen LogP contribution in [0.4, 0.5) is 5.69 Å². The molecule has 3 amide bonds. The summed E-state index contributed by atoms with van der Waals surface area (Å²) >= 11 is 0. The van der Waals surface area contributed by atoms with E-state index in [1.807, 2.05) is 93.6 Å². The highest BCUT2D eigenvalue weighted by Crippen LogP contribution is 2.54. The van der Waals surface area contributed by atoms with Crippen molar-refractivity contribution in [3.8, 4) is 0 Å². The van der Waals surface area contributed by atoms with E-state index < -0.39 is 35.6 Å². The molecule has 0 bridgehead atoms. The van der Waals surface area contributed by atoms with Crippen LogP contribution in [0, 0.1) is 25.7 Å². The molecule has 6 rings (SSSR count). The lowest BCUT2D eigenvalue weighted by atomic mass is 9.77. The number of nitrogens with zero attached hydrogens (tertiary/aromatic N) is 3. The predicted molar refractivity (Wildman–Crippen MR) is 155 cm³/mol. The van der Waals surface area contributed by atoms with Crippen molar-refractivity contribution in [3.05, 3.63) is 89.5 Å². The summed E-state index contributed by atoms with van der Waals surface area (Å²) in [7, 11) is 0. The SMILES string of the molecule is CC[C@@H](CO)N1C(=O)[C@@H]2[C@@H]3C(=O)N(Cc4ccccc4)CC=C[C@@H]3O[C@@]23C=CCN(c2cc(C)ccc2C)C(=O)C13. The highest BCUT2D eigenvalue weighted by Gasteiger charge is 2.72. The fourth-order valence-corrected chi connectivity index (χ4v) is 7.11. The van der Waals surface area contributed by atoms with Gasteiger partial charge in [0.2, 0.25) is 11.8 Å². The normalized spacial score (nSPS) is 29.8. The average Bonchev–Trinajstić information content (AvgIpc) is 3.29. The van der Waals surface area contributed by atoms with E-state index >= 15 is 0 Å². The zero-order valence-electron chi connectivity index (χ0n) is 23.8. The summed E-state index contributed by atoms with van der Waals surface area (Å²) in [6.07, 6.45) is 7.37. The van der Waals surface area contributed by atoms with Gasteiger partial charge >= 0.3 is 0 Å². The molecular formula is C33H37N3O5. The Morgan fingerprint density at radius 1 is 1.00 bits per heavy atom. The number of amides is 3. The first-order valence-corrected chi connectivity index (χ1v) is 14.5. The molecule has 0 radical (unpaired) electrons. The minimum atomic E-state index is -1.33. The third-order valence-electron chi connectivity index (χ3n) is 9.13. The van der Waals surface area contributed by atoms with Crippen LogP contribution in [0.5, 0.6) is 0 Å². The molecule has 4 aliphatic heterocycles. The number of anilines is 1. The molecule has 4 aliphatic rings. The molecule has 0 saturated carbocycles. The van der Waals surface area contributed by atoms with Crippen molar-refractivity contribution in [1.29, 1.82) is 0 Å². The van der Waals surface area contributed by atoms with Crippen LogP contribution in [-0.4, -0.2) is 76.1 Å². The smallest absolute Gasteiger partial charge is 0.253 e. The fourth-order valence-electron chi connectivity index (χ4n) is 7.11. The molecule has 6 atom stereocenters. The molecule has 2 saturated heterocycles. The van der Waals surface area contributed by atoms with Crippen LogP contribution in [0.3, 0.4) is 0 Å². The number of fused-ring (bicyclic) bond motifs is 2. The Hall–Kier alpha value is -3.75. The molecule has 2 aromatic carbocycles. The molecule has 214 valence electrons. The maximum atomic E-state index is 14.6. The molecule has 1 N–H and O–H groups in total. The summed E-state index contributed by atoms with van der Waals surface area (Å²) in [4.78, 5) is 48.2. The van der Waals surface area contributed by atoms with E-state index in [1.54, 1.807) is 9.80 Å². The van der Waals surface area contributed by atoms with Gasteiger partial charge in [-0.25, -0.2) is 0 Å². The second kappa shape index (κ2) is 10.6. The molecule has 1 spiro atoms. The van der Waals surface area contributed by atoms with Gasteiger partial charge in [-0.2, -0.15) is 0 Å². The number of ether oxygens (including phenoxy) is 1. The van der Waals surface area contributed by atoms with E-state index in [4.69, 9.17) is 4.74 Å². The number of carbonyl (C=O) groups is 3. The van der Waals surface area contributed by atoms with E-state index in [0.29, 0.717) is 26.1 Å². The Morgan fingerprint density at radius 3 is 2.51 bits per heavy atom. The number of benzene rings is 2. The van der Waals surface area contributed by atoms with Crippen molar-refractivity contribution in [3.63, 3.8) is 0 Å². The standard InChI is InChI=1S/C33H37N3O5/c1-4-24(20-37)36-29-32(40)35(25-18-21(2)13-14-22(25)3)17-9-15-33(29)28(31(36)39)27-26(41-33)12-8-16-34(30(27)38)19-23-10-6-5-7-11-23/h5-15,18,24,26-29,37H,4,16-17,19-20H2,1-3H3/t24-,26-,27+,28-,29?,33-/m0/s1. The quantitative estimate of drug-likeness (QED) is 0.553. The molecule has 0 aromatic heterocycles. The minimum Gasteiger partial charge on any atom is -0.394 e. The van der Waals surface area contributed by atoms with Crippen molar-refractivity contribution in [1.82, 2.24) is 9.80 Å². The fraction of sp³-hybridized carbons (Fsp3) is 0.424. The van der Waals surface area contributed by atoms with Gasteiger partial charge in [0.05, 0.1) is 30.6 Å². The van der Waals surface area contributed by atoms with Crippen LogP contribution < -0.4 is 4.90 Å². The third-order valence-corrected chi connectivity index (χ3v) is 9.13. The van der Waals surface area contributed by atoms with Gasteiger partial charge in [0.15, 0.2) is 0 Å². The summed E-state index contributed by atoms with van der Waals surface area (Å²) in [6.45, 7) is 6.68. The van der Waals surface area contributed by atoms with Crippen molar-refractivity contribution in [2.75, 3.05) is 24.6 Å². The van der Waals surface area contributed by atoms with E-state index in [1.165, 1.54) is 4.90 Å². The van der Waals surface area contributed by atoms with Gasteiger partial charge in [-0.15, -0.1) is 0 Å². The number of hydrogen-bond acceptors (Lipinski definition) is 5. The Bertz CT molecular complexity index is 1420. The highest BCUT2D eigenvalue weighted by molar-refractivity contribution is 6.06. The summed E-state index contributed by atoms with van der Waals surface area (Å²) in [5.41, 5.74) is 2.42. The zero-order chi connectivity index (χ0) is 28.9. The number of aryl methyl sites for hydroxylation is 2. The van der Waals surface area contributed by atoms with Gasteiger partial charge in [0.25, 0.3) is 5.91 Å². The molecule has 8 heteroatoms. The first-order valence-electron chi connectivity index (χ1n) is 14.5. The second-order valence-corrected chi connectivity index (χ2v) is 11.6. The number of aliphatic hydroxyl groups is 1. The lowest BCUT2D eigenvalue weighted by molar-refractivity contribution is -0.147. The average molecular weight is 556 g/mol. The number of hydrogen-bond donors (Lipinski definition) is 1. The minimum absolute atomic E-state index is 0.159. The summed E-state index contributed by atoms with van der Waals surface area (Å²) < 4.78 is 6.75. The van der Waals surface area contributed by atoms with Crippen LogP contribution in [0.2, 0.25) is 0 Å². The topological polar surface area (TPSA) is 90.4 Å². The monoisotopic (exact) mass is 555 g/mol. The summed E-state index contributed by atoms with van der Waals surface area (Å²) in [5.74, 6) is -2.40. The molecule has 0 aliphatic carbocycles. The van der Waals surface area contributed by atoms with Crippen LogP contribution in [0.1, 0.15) is 30.0 Å². The molecule has 8 nitrogen and oxygen atoms in total. The maximum absolute atomic E-state index is 14.6. The van der Waals surface area contributed by atoms with Crippen molar-refractivity contribution in [2.24, 2.45) is 11.8 Å². The Kier molecular flexibility index (Phi) is 7.08. The van der Waals surface area contributed by atoms with E-state index in [2.05, 4.69) is 0 Å². The molecule has 1 unspecified atom stereocenters. The molecule has 41 heavy (non-hydrogen) atoms. The Morgan fingerprint density at radius 2 is 1.78 bits per heavy atom. The Balaban J connectivity index is 1.44. The van der Waals surface area contributed by atoms with Crippen molar-refractivity contribution < 1.29 is 24.2 Å². The van der Waals surface area contributed by atoms with Crippen LogP contribution in [-0.2, 0) is 25.7 Å². The zero-order valence-corrected chi connectivity index (χ0v) is 23.8. The van der Waals surface area contributed by atoms with E-state index in [-0.39, 0.29) is 24.3 Å². The van der Waals surface area contributed by atoms with E-state index in [9.17, 15) is 19.5 Å². The van der Waals surface area contributed by atoms with Crippen molar-refractivity contribution >= 4 is 23.4 Å². The highest BCUT2D eigenvalue weighted by atomic mass is 16.5. The third kappa shape index (κ3) is 4.32. The lowest BCUT2D eigenvalue weighted by Crippen LogP contribution is -2.58. The predicted octanol–water partition coefficient (Wildman–Crippen LogP) is 3.16. The van der Waals surface area contributed by atoms with Crippen LogP contribution in [0.25, 0.3) is 0 Å². The Labute approximate surface area is 240 Å². The maximum Gasteiger partial charge on any atom is 0.253 e. The first kappa shape index (κ1) is 27.4. The largest absolute Gasteiger partial charge is 0.394 e. The van der Waals surface area contributed by atoms with Gasteiger partial charge in [-0.3, -0.25) is 14.4 Å². The van der Waals surface area contributed by atoms with Gasteiger partial charge in [0.1, 0.15) is 11.6 Å². The molecule has 2 aromatic rings. The number of likely N-dealkylation sites (tertiary alicyclic amines) is 1. The van der Waals surface area contributed by atoms with Gasteiger partial charge in [0, 0.05) is 25.3 Å². The van der Waals surface area contributed by atoms with Gasteiger partial charge in [-0.1, -0.05) is 73.7 Å². The molecule has 4 heterocycles. The summed E-state index contributed by atoms with van der Waals surface area (Å²) in [6, 6.07) is 14.2.